The summed E-state index contributed by atoms with van der Waals surface area (Å²) in [5, 5.41) is 7.71. The number of aromatic nitrogens is 1. The minimum atomic E-state index is -0.678. The number of carbonyl (C=O) groups excluding carboxylic acids is 1. The topological polar surface area (TPSA) is 72.8 Å². The fourth-order valence-electron chi connectivity index (χ4n) is 2.14. The van der Waals surface area contributed by atoms with E-state index in [9.17, 15) is 4.79 Å². The molecule has 1 amide bonds. The van der Waals surface area contributed by atoms with Crippen molar-refractivity contribution < 1.29 is 14.4 Å². The van der Waals surface area contributed by atoms with Gasteiger partial charge in [-0.15, -0.1) is 11.8 Å². The van der Waals surface area contributed by atoms with Crippen molar-refractivity contribution in [3.05, 3.63) is 34.0 Å². The highest BCUT2D eigenvalue weighted by Crippen LogP contribution is 2.24. The van der Waals surface area contributed by atoms with Gasteiger partial charge in [0.05, 0.1) is 17.3 Å². The van der Waals surface area contributed by atoms with E-state index in [4.69, 9.17) is 9.57 Å². The second-order valence-electron chi connectivity index (χ2n) is 6.06. The van der Waals surface area contributed by atoms with E-state index >= 15 is 0 Å². The van der Waals surface area contributed by atoms with E-state index in [1.807, 2.05) is 57.5 Å². The van der Waals surface area contributed by atoms with Crippen molar-refractivity contribution in [1.29, 1.82) is 0 Å². The second-order valence-corrected chi connectivity index (χ2v) is 8.20. The first-order valence-electron chi connectivity index (χ1n) is 8.08. The quantitative estimate of drug-likeness (QED) is 0.265. The van der Waals surface area contributed by atoms with Crippen LogP contribution in [0, 0.1) is 3.57 Å². The number of nitrogens with zero attached hydrogens (tertiary/aromatic N) is 2. The van der Waals surface area contributed by atoms with Crippen LogP contribution in [0.5, 0.6) is 5.75 Å². The van der Waals surface area contributed by atoms with Crippen LogP contribution >= 0.6 is 34.4 Å². The summed E-state index contributed by atoms with van der Waals surface area (Å²) >= 11 is 3.54. The number of nitrogens with one attached hydrogen (secondary N) is 1. The number of pyridine rings is 1. The number of fused-ring (bicyclic) bond motifs is 1. The van der Waals surface area contributed by atoms with Crippen LogP contribution in [0.25, 0.3) is 10.9 Å². The average Bonchev–Trinajstić information content (AvgIpc) is 2.58. The molecule has 0 saturated heterocycles. The van der Waals surface area contributed by atoms with Crippen LogP contribution in [0.4, 0.5) is 0 Å². The molecule has 0 aliphatic heterocycles. The van der Waals surface area contributed by atoms with Gasteiger partial charge in [-0.25, -0.2) is 0 Å². The number of halogens is 1. The summed E-state index contributed by atoms with van der Waals surface area (Å²) in [6.07, 6.45) is 5.21. The van der Waals surface area contributed by atoms with Crippen LogP contribution in [0.3, 0.4) is 0 Å². The molecule has 1 aromatic heterocycles. The molecule has 140 valence electrons. The molecule has 0 radical (unpaired) electrons. The molecule has 1 aromatic carbocycles. The summed E-state index contributed by atoms with van der Waals surface area (Å²) in [5.41, 5.74) is -0.438. The van der Waals surface area contributed by atoms with Gasteiger partial charge in [0.25, 0.3) is 5.91 Å². The Hall–Kier alpha value is -1.55. The number of benzene rings is 1. The Labute approximate surface area is 171 Å². The van der Waals surface area contributed by atoms with E-state index in [1.54, 1.807) is 6.21 Å². The van der Waals surface area contributed by atoms with Crippen molar-refractivity contribution in [3.63, 3.8) is 0 Å². The van der Waals surface area contributed by atoms with E-state index in [-0.39, 0.29) is 5.91 Å². The molecule has 6 nitrogen and oxygen atoms in total. The molecule has 0 aliphatic carbocycles. The third-order valence-corrected chi connectivity index (χ3v) is 4.64. The number of hydrogen-bond donors (Lipinski definition) is 1. The van der Waals surface area contributed by atoms with Crippen LogP contribution in [0.2, 0.25) is 0 Å². The smallest absolute Gasteiger partial charge is 0.272 e. The molecule has 0 aliphatic rings. The van der Waals surface area contributed by atoms with Crippen LogP contribution in [-0.2, 0) is 9.63 Å². The standard InChI is InChI=1S/C18H22IN3O3S/c1-5-24-21-11-18(2,3)22-16(23)17(26-4)25-14-6-7-15-12(9-14)8-13(19)10-20-15/h6-11,17H,5H2,1-4H3,(H,22,23). The lowest BCUT2D eigenvalue weighted by atomic mass is 10.1. The SMILES string of the molecule is CCON=CC(C)(C)NC(=O)C(Oc1ccc2ncc(I)cc2c1)SC. The highest BCUT2D eigenvalue weighted by atomic mass is 127. The minimum Gasteiger partial charge on any atom is -0.470 e. The van der Waals surface area contributed by atoms with Gasteiger partial charge < -0.3 is 14.9 Å². The van der Waals surface area contributed by atoms with Crippen molar-refractivity contribution in [2.75, 3.05) is 12.9 Å². The normalized spacial score (nSPS) is 13.0. The Kier molecular flexibility index (Phi) is 7.51. The molecule has 1 N–H and O–H groups in total. The lowest BCUT2D eigenvalue weighted by Crippen LogP contribution is -2.49. The van der Waals surface area contributed by atoms with E-state index in [0.29, 0.717) is 12.4 Å². The van der Waals surface area contributed by atoms with Crippen molar-refractivity contribution in [2.24, 2.45) is 5.16 Å². The van der Waals surface area contributed by atoms with Crippen LogP contribution in [-0.4, -0.2) is 40.9 Å². The number of carbonyl (C=O) groups is 1. The molecular weight excluding hydrogens is 465 g/mol. The maximum absolute atomic E-state index is 12.6. The molecule has 0 fully saturated rings. The molecule has 2 aromatic rings. The highest BCUT2D eigenvalue weighted by molar-refractivity contribution is 14.1. The fraction of sp³-hybridized carbons (Fsp3) is 0.389. The van der Waals surface area contributed by atoms with Gasteiger partial charge in [-0.05, 0) is 73.9 Å². The van der Waals surface area contributed by atoms with Crippen molar-refractivity contribution in [2.45, 2.75) is 31.7 Å². The van der Waals surface area contributed by atoms with Gasteiger partial charge in [-0.1, -0.05) is 5.16 Å². The summed E-state index contributed by atoms with van der Waals surface area (Å²) < 4.78 is 6.93. The van der Waals surface area contributed by atoms with Gasteiger partial charge >= 0.3 is 0 Å². The van der Waals surface area contributed by atoms with Crippen molar-refractivity contribution >= 4 is 57.4 Å². The first-order valence-corrected chi connectivity index (χ1v) is 10.4. The predicted octanol–water partition coefficient (Wildman–Crippen LogP) is 3.82. The zero-order valence-corrected chi connectivity index (χ0v) is 18.1. The Morgan fingerprint density at radius 1 is 1.46 bits per heavy atom. The van der Waals surface area contributed by atoms with Gasteiger partial charge in [-0.2, -0.15) is 0 Å². The molecule has 1 atom stereocenters. The van der Waals surface area contributed by atoms with E-state index in [2.05, 4.69) is 38.0 Å². The summed E-state index contributed by atoms with van der Waals surface area (Å²) in [6.45, 7) is 6.01. The van der Waals surface area contributed by atoms with Gasteiger partial charge in [0.2, 0.25) is 5.44 Å². The average molecular weight is 487 g/mol. The van der Waals surface area contributed by atoms with E-state index in [0.717, 1.165) is 14.5 Å². The highest BCUT2D eigenvalue weighted by Gasteiger charge is 2.26. The molecule has 0 saturated carbocycles. The molecule has 0 bridgehead atoms. The zero-order valence-electron chi connectivity index (χ0n) is 15.2. The number of rotatable bonds is 8. The van der Waals surface area contributed by atoms with Crippen LogP contribution in [0.15, 0.2) is 35.6 Å². The Morgan fingerprint density at radius 3 is 2.92 bits per heavy atom. The number of ether oxygens (including phenoxy) is 1. The molecule has 0 spiro atoms. The maximum atomic E-state index is 12.6. The Morgan fingerprint density at radius 2 is 2.23 bits per heavy atom. The predicted molar refractivity (Wildman–Crippen MR) is 115 cm³/mol. The van der Waals surface area contributed by atoms with E-state index in [1.165, 1.54) is 11.8 Å². The van der Waals surface area contributed by atoms with Crippen LogP contribution < -0.4 is 10.1 Å². The minimum absolute atomic E-state index is 0.230. The van der Waals surface area contributed by atoms with E-state index < -0.39 is 11.0 Å². The lowest BCUT2D eigenvalue weighted by molar-refractivity contribution is -0.125. The maximum Gasteiger partial charge on any atom is 0.272 e. The first-order chi connectivity index (χ1) is 12.3. The first kappa shape index (κ1) is 20.8. The third-order valence-electron chi connectivity index (χ3n) is 3.32. The molecule has 26 heavy (non-hydrogen) atoms. The largest absolute Gasteiger partial charge is 0.470 e. The number of amides is 1. The van der Waals surface area contributed by atoms with Crippen LogP contribution in [0.1, 0.15) is 20.8 Å². The van der Waals surface area contributed by atoms with Gasteiger partial charge in [0.1, 0.15) is 12.4 Å². The zero-order chi connectivity index (χ0) is 19.2. The van der Waals surface area contributed by atoms with Gasteiger partial charge in [0.15, 0.2) is 0 Å². The monoisotopic (exact) mass is 487 g/mol. The summed E-state index contributed by atoms with van der Waals surface area (Å²) in [7, 11) is 0. The lowest BCUT2D eigenvalue weighted by Gasteiger charge is -2.24. The summed E-state index contributed by atoms with van der Waals surface area (Å²) in [4.78, 5) is 21.9. The molecule has 1 unspecified atom stereocenters. The van der Waals surface area contributed by atoms with Crippen molar-refractivity contribution in [1.82, 2.24) is 10.3 Å². The molecule has 1 heterocycles. The number of thioether (sulfide) groups is 1. The fourth-order valence-corrected chi connectivity index (χ4v) is 3.10. The number of hydrogen-bond acceptors (Lipinski definition) is 6. The Bertz CT molecular complexity index is 798. The van der Waals surface area contributed by atoms with Gasteiger partial charge in [0, 0.05) is 15.2 Å². The molecular formula is C18H22IN3O3S. The van der Waals surface area contributed by atoms with Crippen molar-refractivity contribution in [3.8, 4) is 5.75 Å². The van der Waals surface area contributed by atoms with Gasteiger partial charge in [-0.3, -0.25) is 9.78 Å². The number of oxime groups is 1. The summed E-state index contributed by atoms with van der Waals surface area (Å²) in [5.74, 6) is 0.392. The Balaban J connectivity index is 2.09. The molecule has 8 heteroatoms. The third kappa shape index (κ3) is 6.01. The summed E-state index contributed by atoms with van der Waals surface area (Å²) in [6, 6.07) is 7.62. The molecule has 2 rings (SSSR count). The second kappa shape index (κ2) is 9.40.